The van der Waals surface area contributed by atoms with Crippen LogP contribution in [-0.4, -0.2) is 17.6 Å². The van der Waals surface area contributed by atoms with E-state index in [0.29, 0.717) is 17.8 Å². The van der Waals surface area contributed by atoms with E-state index in [1.165, 1.54) is 12.1 Å². The molecule has 0 unspecified atom stereocenters. The molecular weight excluding hydrogens is 295 g/mol. The number of nitrogens with one attached hydrogen (secondary N) is 1. The van der Waals surface area contributed by atoms with Gasteiger partial charge in [0.15, 0.2) is 0 Å². The molecule has 1 heterocycles. The number of aryl methyl sites for hydroxylation is 1. The van der Waals surface area contributed by atoms with E-state index in [0.717, 1.165) is 16.7 Å². The molecule has 0 aliphatic rings. The molecule has 1 amide bonds. The monoisotopic (exact) mass is 312 g/mol. The van der Waals surface area contributed by atoms with Crippen molar-refractivity contribution in [2.75, 3.05) is 7.11 Å². The minimum Gasteiger partial charge on any atom is -0.496 e. The third kappa shape index (κ3) is 2.90. The lowest BCUT2D eigenvalue weighted by Crippen LogP contribution is -2.25. The Morgan fingerprint density at radius 1 is 1.22 bits per heavy atom. The van der Waals surface area contributed by atoms with E-state index < -0.39 is 0 Å². The van der Waals surface area contributed by atoms with Gasteiger partial charge in [-0.3, -0.25) is 4.79 Å². The molecule has 3 rings (SSSR count). The first kappa shape index (κ1) is 15.1. The summed E-state index contributed by atoms with van der Waals surface area (Å²) in [6.45, 7) is 0.360. The van der Waals surface area contributed by atoms with Gasteiger partial charge in [-0.25, -0.2) is 4.39 Å². The highest BCUT2D eigenvalue weighted by molar-refractivity contribution is 5.98. The average Bonchev–Trinajstić information content (AvgIpc) is 2.89. The van der Waals surface area contributed by atoms with E-state index in [9.17, 15) is 9.18 Å². The second-order valence-electron chi connectivity index (χ2n) is 5.29. The summed E-state index contributed by atoms with van der Waals surface area (Å²) >= 11 is 0. The topological polar surface area (TPSA) is 43.3 Å². The lowest BCUT2D eigenvalue weighted by molar-refractivity contribution is 0.0943. The van der Waals surface area contributed by atoms with Crippen LogP contribution in [-0.2, 0) is 13.6 Å². The summed E-state index contributed by atoms with van der Waals surface area (Å²) in [5, 5.41) is 3.70. The van der Waals surface area contributed by atoms with Crippen molar-refractivity contribution in [1.82, 2.24) is 9.88 Å². The molecule has 0 radical (unpaired) electrons. The molecule has 0 atom stereocenters. The Hall–Kier alpha value is -2.82. The molecule has 3 aromatic rings. The van der Waals surface area contributed by atoms with Crippen LogP contribution in [0.5, 0.6) is 5.75 Å². The summed E-state index contributed by atoms with van der Waals surface area (Å²) in [5.74, 6) is 0.196. The van der Waals surface area contributed by atoms with E-state index in [4.69, 9.17) is 4.74 Å². The Morgan fingerprint density at radius 3 is 2.78 bits per heavy atom. The molecule has 5 heteroatoms. The fourth-order valence-corrected chi connectivity index (χ4v) is 2.64. The van der Waals surface area contributed by atoms with Gasteiger partial charge >= 0.3 is 0 Å². The number of rotatable bonds is 4. The standard InChI is InChI=1S/C18H17FN2O2/c1-21-15-10-14(19)8-7-12(15)9-16(21)18(22)20-11-13-5-3-4-6-17(13)23-2/h3-10H,11H2,1-2H3,(H,20,22). The first-order valence-corrected chi connectivity index (χ1v) is 7.25. The van der Waals surface area contributed by atoms with Crippen molar-refractivity contribution in [2.24, 2.45) is 7.05 Å². The van der Waals surface area contributed by atoms with Crippen molar-refractivity contribution in [3.8, 4) is 5.75 Å². The lowest BCUT2D eigenvalue weighted by Gasteiger charge is -2.10. The zero-order valence-corrected chi connectivity index (χ0v) is 13.0. The Morgan fingerprint density at radius 2 is 2.00 bits per heavy atom. The lowest BCUT2D eigenvalue weighted by atomic mass is 10.2. The molecule has 0 saturated heterocycles. The summed E-state index contributed by atoms with van der Waals surface area (Å²) in [5.41, 5.74) is 2.07. The van der Waals surface area contributed by atoms with Gasteiger partial charge in [-0.15, -0.1) is 0 Å². The first-order valence-electron chi connectivity index (χ1n) is 7.25. The summed E-state index contributed by atoms with van der Waals surface area (Å²) in [4.78, 5) is 12.4. The van der Waals surface area contributed by atoms with E-state index >= 15 is 0 Å². The minimum absolute atomic E-state index is 0.213. The van der Waals surface area contributed by atoms with Crippen molar-refractivity contribution in [2.45, 2.75) is 6.54 Å². The van der Waals surface area contributed by atoms with Crippen molar-refractivity contribution in [1.29, 1.82) is 0 Å². The minimum atomic E-state index is -0.320. The van der Waals surface area contributed by atoms with Gasteiger partial charge in [-0.2, -0.15) is 0 Å². The molecule has 0 bridgehead atoms. The molecule has 1 N–H and O–H groups in total. The molecule has 1 aromatic heterocycles. The number of fused-ring (bicyclic) bond motifs is 1. The Balaban J connectivity index is 1.82. The van der Waals surface area contributed by atoms with Crippen LogP contribution in [0.2, 0.25) is 0 Å². The first-order chi connectivity index (χ1) is 11.1. The van der Waals surface area contributed by atoms with Crippen molar-refractivity contribution in [3.05, 3.63) is 65.6 Å². The number of amides is 1. The van der Waals surface area contributed by atoms with Crippen LogP contribution < -0.4 is 10.1 Å². The number of nitrogens with zero attached hydrogens (tertiary/aromatic N) is 1. The number of ether oxygens (including phenoxy) is 1. The summed E-state index contributed by atoms with van der Waals surface area (Å²) < 4.78 is 20.3. The maximum atomic E-state index is 13.4. The van der Waals surface area contributed by atoms with Gasteiger partial charge in [-0.05, 0) is 30.3 Å². The van der Waals surface area contributed by atoms with E-state index in [2.05, 4.69) is 5.32 Å². The normalized spacial score (nSPS) is 10.7. The molecule has 4 nitrogen and oxygen atoms in total. The predicted molar refractivity (Wildman–Crippen MR) is 87.0 cm³/mol. The Kier molecular flexibility index (Phi) is 4.02. The van der Waals surface area contributed by atoms with Crippen LogP contribution in [0.25, 0.3) is 10.9 Å². The van der Waals surface area contributed by atoms with Gasteiger partial charge in [0.2, 0.25) is 0 Å². The number of halogens is 1. The van der Waals surface area contributed by atoms with E-state index in [1.54, 1.807) is 30.9 Å². The van der Waals surface area contributed by atoms with Crippen molar-refractivity contribution in [3.63, 3.8) is 0 Å². The third-order valence-electron chi connectivity index (χ3n) is 3.87. The van der Waals surface area contributed by atoms with Crippen LogP contribution in [0.1, 0.15) is 16.1 Å². The molecule has 0 aliphatic heterocycles. The maximum absolute atomic E-state index is 13.4. The molecule has 23 heavy (non-hydrogen) atoms. The molecule has 118 valence electrons. The van der Waals surface area contributed by atoms with Crippen LogP contribution in [0.15, 0.2) is 48.5 Å². The van der Waals surface area contributed by atoms with Crippen LogP contribution in [0.3, 0.4) is 0 Å². The molecule has 0 spiro atoms. The zero-order chi connectivity index (χ0) is 16.4. The molecule has 2 aromatic carbocycles. The van der Waals surface area contributed by atoms with E-state index in [-0.39, 0.29) is 11.7 Å². The second-order valence-corrected chi connectivity index (χ2v) is 5.29. The van der Waals surface area contributed by atoms with Gasteiger partial charge in [0, 0.05) is 24.5 Å². The van der Waals surface area contributed by atoms with Gasteiger partial charge in [0.1, 0.15) is 17.3 Å². The highest BCUT2D eigenvalue weighted by atomic mass is 19.1. The van der Waals surface area contributed by atoms with Crippen LogP contribution >= 0.6 is 0 Å². The van der Waals surface area contributed by atoms with Crippen molar-refractivity contribution >= 4 is 16.8 Å². The van der Waals surface area contributed by atoms with Gasteiger partial charge in [-0.1, -0.05) is 18.2 Å². The number of methoxy groups -OCH3 is 1. The molecule has 0 saturated carbocycles. The SMILES string of the molecule is COc1ccccc1CNC(=O)c1cc2ccc(F)cc2n1C. The van der Waals surface area contributed by atoms with Gasteiger partial charge < -0.3 is 14.6 Å². The zero-order valence-electron chi connectivity index (χ0n) is 13.0. The smallest absolute Gasteiger partial charge is 0.268 e. The van der Waals surface area contributed by atoms with Gasteiger partial charge in [0.05, 0.1) is 12.6 Å². The summed E-state index contributed by atoms with van der Waals surface area (Å²) in [6.07, 6.45) is 0. The number of para-hydroxylation sites is 1. The average molecular weight is 312 g/mol. The number of benzene rings is 2. The fraction of sp³-hybridized carbons (Fsp3) is 0.167. The third-order valence-corrected chi connectivity index (χ3v) is 3.87. The highest BCUT2D eigenvalue weighted by Crippen LogP contribution is 2.20. The summed E-state index contributed by atoms with van der Waals surface area (Å²) in [6, 6.07) is 13.8. The molecule has 0 fully saturated rings. The number of carbonyl (C=O) groups excluding carboxylic acids is 1. The fourth-order valence-electron chi connectivity index (χ4n) is 2.64. The predicted octanol–water partition coefficient (Wildman–Crippen LogP) is 3.26. The molecular formula is C18H17FN2O2. The number of hydrogen-bond donors (Lipinski definition) is 1. The van der Waals surface area contributed by atoms with E-state index in [1.807, 2.05) is 24.3 Å². The largest absolute Gasteiger partial charge is 0.496 e. The van der Waals surface area contributed by atoms with Crippen LogP contribution in [0.4, 0.5) is 4.39 Å². The Bertz CT molecular complexity index is 871. The van der Waals surface area contributed by atoms with Gasteiger partial charge in [0.25, 0.3) is 5.91 Å². The molecule has 0 aliphatic carbocycles. The van der Waals surface area contributed by atoms with Crippen molar-refractivity contribution < 1.29 is 13.9 Å². The maximum Gasteiger partial charge on any atom is 0.268 e. The number of carbonyl (C=O) groups is 1. The van der Waals surface area contributed by atoms with Crippen LogP contribution in [0, 0.1) is 5.82 Å². The summed E-state index contributed by atoms with van der Waals surface area (Å²) in [7, 11) is 3.35. The second kappa shape index (κ2) is 6.12. The number of hydrogen-bond acceptors (Lipinski definition) is 2. The highest BCUT2D eigenvalue weighted by Gasteiger charge is 2.14. The Labute approximate surface area is 133 Å². The number of aromatic nitrogens is 1. The quantitative estimate of drug-likeness (QED) is 0.803.